The SMILES string of the molecule is C[C@@H](N)C(=O)NC[C@H]1OCC[C@H]1SC1=C(C(=O)O)N2C(=O)[C@H]([C@@H](C)O)C2[C@H]1C. The van der Waals surface area contributed by atoms with Crippen molar-refractivity contribution < 1.29 is 29.3 Å². The van der Waals surface area contributed by atoms with Gasteiger partial charge < -0.3 is 30.9 Å². The minimum atomic E-state index is -1.14. The smallest absolute Gasteiger partial charge is 0.353 e. The van der Waals surface area contributed by atoms with E-state index in [2.05, 4.69) is 5.32 Å². The number of rotatable bonds is 7. The predicted molar refractivity (Wildman–Crippen MR) is 102 cm³/mol. The zero-order chi connectivity index (χ0) is 20.7. The Morgan fingerprint density at radius 1 is 1.43 bits per heavy atom. The highest BCUT2D eigenvalue weighted by molar-refractivity contribution is 8.03. The van der Waals surface area contributed by atoms with Gasteiger partial charge in [0.25, 0.3) is 0 Å². The molecule has 0 aliphatic carbocycles. The highest BCUT2D eigenvalue weighted by atomic mass is 32.2. The molecule has 3 rings (SSSR count). The third-order valence-corrected chi connectivity index (χ3v) is 7.29. The lowest BCUT2D eigenvalue weighted by atomic mass is 9.79. The van der Waals surface area contributed by atoms with Gasteiger partial charge in [0.05, 0.1) is 30.2 Å². The maximum atomic E-state index is 12.4. The minimum Gasteiger partial charge on any atom is -0.477 e. The molecule has 0 aromatic carbocycles. The van der Waals surface area contributed by atoms with Crippen LogP contribution in [-0.2, 0) is 19.1 Å². The van der Waals surface area contributed by atoms with Gasteiger partial charge in [0.1, 0.15) is 5.70 Å². The van der Waals surface area contributed by atoms with Crippen molar-refractivity contribution in [3.05, 3.63) is 10.6 Å². The monoisotopic (exact) mass is 413 g/mol. The van der Waals surface area contributed by atoms with Crippen LogP contribution in [-0.4, -0.2) is 75.6 Å². The first-order valence-corrected chi connectivity index (χ1v) is 10.3. The number of nitrogens with two attached hydrogens (primary N) is 1. The number of carbonyl (C=O) groups excluding carboxylic acids is 2. The van der Waals surface area contributed by atoms with Crippen molar-refractivity contribution >= 4 is 29.5 Å². The molecule has 3 aliphatic heterocycles. The number of carboxylic acids is 1. The average molecular weight is 413 g/mol. The maximum absolute atomic E-state index is 12.4. The highest BCUT2D eigenvalue weighted by Crippen LogP contribution is 2.52. The number of hydrogen-bond donors (Lipinski definition) is 4. The molecule has 2 fully saturated rings. The van der Waals surface area contributed by atoms with Gasteiger partial charge in [-0.2, -0.15) is 0 Å². The molecule has 9 nitrogen and oxygen atoms in total. The number of amides is 2. The molecule has 0 radical (unpaired) electrons. The summed E-state index contributed by atoms with van der Waals surface area (Å²) < 4.78 is 5.72. The van der Waals surface area contributed by atoms with Gasteiger partial charge in [0.15, 0.2) is 0 Å². The Morgan fingerprint density at radius 3 is 2.68 bits per heavy atom. The normalized spacial score (nSPS) is 34.1. The number of aliphatic carboxylic acids is 1. The van der Waals surface area contributed by atoms with Crippen molar-refractivity contribution in [2.75, 3.05) is 13.2 Å². The molecular weight excluding hydrogens is 386 g/mol. The van der Waals surface area contributed by atoms with Gasteiger partial charge in [-0.25, -0.2) is 4.79 Å². The van der Waals surface area contributed by atoms with Crippen molar-refractivity contribution in [2.45, 2.75) is 56.7 Å². The summed E-state index contributed by atoms with van der Waals surface area (Å²) in [4.78, 5) is 38.0. The van der Waals surface area contributed by atoms with Gasteiger partial charge in [0, 0.05) is 29.2 Å². The van der Waals surface area contributed by atoms with Crippen LogP contribution in [0.15, 0.2) is 10.6 Å². The molecular formula is C18H27N3O6S. The van der Waals surface area contributed by atoms with Crippen LogP contribution in [0, 0.1) is 11.8 Å². The summed E-state index contributed by atoms with van der Waals surface area (Å²) in [5, 5.41) is 22.3. The summed E-state index contributed by atoms with van der Waals surface area (Å²) in [6.45, 7) is 5.86. The molecule has 5 N–H and O–H groups in total. The number of fused-ring (bicyclic) bond motifs is 1. The van der Waals surface area contributed by atoms with Gasteiger partial charge in [-0.15, -0.1) is 11.8 Å². The van der Waals surface area contributed by atoms with Crippen LogP contribution in [0.25, 0.3) is 0 Å². The first-order valence-electron chi connectivity index (χ1n) is 9.45. The van der Waals surface area contributed by atoms with Gasteiger partial charge in [-0.3, -0.25) is 9.59 Å². The van der Waals surface area contributed by atoms with E-state index in [0.29, 0.717) is 24.5 Å². The number of hydrogen-bond acceptors (Lipinski definition) is 7. The van der Waals surface area contributed by atoms with E-state index in [4.69, 9.17) is 10.5 Å². The number of carboxylic acid groups (broad SMARTS) is 1. The summed E-state index contributed by atoms with van der Waals surface area (Å²) >= 11 is 1.41. The van der Waals surface area contributed by atoms with E-state index in [0.717, 1.165) is 0 Å². The molecule has 0 spiro atoms. The van der Waals surface area contributed by atoms with E-state index >= 15 is 0 Å². The first kappa shape index (κ1) is 21.1. The number of nitrogens with one attached hydrogen (secondary N) is 1. The largest absolute Gasteiger partial charge is 0.477 e. The topological polar surface area (TPSA) is 142 Å². The number of aliphatic hydroxyl groups is 1. The van der Waals surface area contributed by atoms with Crippen LogP contribution in [0.1, 0.15) is 27.2 Å². The molecule has 28 heavy (non-hydrogen) atoms. The van der Waals surface area contributed by atoms with E-state index in [1.807, 2.05) is 6.92 Å². The van der Waals surface area contributed by atoms with Gasteiger partial charge in [0.2, 0.25) is 11.8 Å². The lowest BCUT2D eigenvalue weighted by Gasteiger charge is -2.46. The molecule has 3 aliphatic rings. The number of carbonyl (C=O) groups is 3. The summed E-state index contributed by atoms with van der Waals surface area (Å²) in [6, 6.07) is -0.949. The number of aliphatic hydroxyl groups excluding tert-OH is 1. The summed E-state index contributed by atoms with van der Waals surface area (Å²) in [7, 11) is 0. The summed E-state index contributed by atoms with van der Waals surface area (Å²) in [6.07, 6.45) is -0.379. The second-order valence-electron chi connectivity index (χ2n) is 7.66. The van der Waals surface area contributed by atoms with Crippen molar-refractivity contribution in [1.29, 1.82) is 0 Å². The van der Waals surface area contributed by atoms with Crippen LogP contribution >= 0.6 is 11.8 Å². The standard InChI is InChI=1S/C18H27N3O6S/c1-7-13-12(9(3)22)17(24)21(13)14(18(25)26)15(7)28-11-4-5-27-10(11)6-20-16(23)8(2)19/h7-13,22H,4-6,19H2,1-3H3,(H,20,23)(H,25,26)/t7-,8-,9-,10-,11-,12-,13?/m1/s1. The van der Waals surface area contributed by atoms with Crippen LogP contribution in [0.3, 0.4) is 0 Å². The van der Waals surface area contributed by atoms with E-state index < -0.39 is 24.0 Å². The fraction of sp³-hybridized carbons (Fsp3) is 0.722. The molecule has 0 aromatic rings. The predicted octanol–water partition coefficient (Wildman–Crippen LogP) is -0.506. The lowest BCUT2D eigenvalue weighted by Crippen LogP contribution is -2.63. The average Bonchev–Trinajstić information content (AvgIpc) is 3.14. The zero-order valence-corrected chi connectivity index (χ0v) is 16.9. The Balaban J connectivity index is 1.76. The molecule has 2 saturated heterocycles. The lowest BCUT2D eigenvalue weighted by molar-refractivity contribution is -0.163. The van der Waals surface area contributed by atoms with Gasteiger partial charge in [-0.05, 0) is 20.3 Å². The molecule has 7 atom stereocenters. The fourth-order valence-electron chi connectivity index (χ4n) is 4.16. The van der Waals surface area contributed by atoms with Crippen molar-refractivity contribution in [3.8, 4) is 0 Å². The molecule has 3 heterocycles. The van der Waals surface area contributed by atoms with E-state index in [9.17, 15) is 24.6 Å². The molecule has 0 aromatic heterocycles. The quantitative estimate of drug-likeness (QED) is 0.409. The Labute approximate surface area is 167 Å². The van der Waals surface area contributed by atoms with E-state index in [1.54, 1.807) is 13.8 Å². The molecule has 1 unspecified atom stereocenters. The second kappa shape index (κ2) is 8.02. The van der Waals surface area contributed by atoms with Crippen LogP contribution in [0.2, 0.25) is 0 Å². The molecule has 2 amide bonds. The highest BCUT2D eigenvalue weighted by Gasteiger charge is 2.60. The van der Waals surface area contributed by atoms with Crippen molar-refractivity contribution in [3.63, 3.8) is 0 Å². The first-order chi connectivity index (χ1) is 13.1. The van der Waals surface area contributed by atoms with E-state index in [-0.39, 0.29) is 40.8 Å². The van der Waals surface area contributed by atoms with Crippen LogP contribution in [0.5, 0.6) is 0 Å². The molecule has 10 heteroatoms. The van der Waals surface area contributed by atoms with Gasteiger partial charge in [-0.1, -0.05) is 6.92 Å². The van der Waals surface area contributed by atoms with Crippen LogP contribution in [0.4, 0.5) is 0 Å². The Kier molecular flexibility index (Phi) is 6.04. The number of thioether (sulfide) groups is 1. The Morgan fingerprint density at radius 2 is 2.11 bits per heavy atom. The molecule has 0 bridgehead atoms. The summed E-state index contributed by atoms with van der Waals surface area (Å²) in [5.74, 6) is -2.52. The zero-order valence-electron chi connectivity index (χ0n) is 16.1. The minimum absolute atomic E-state index is 0.00895. The molecule has 0 saturated carbocycles. The number of ether oxygens (including phenoxy) is 1. The third-order valence-electron chi connectivity index (χ3n) is 5.63. The van der Waals surface area contributed by atoms with Crippen molar-refractivity contribution in [2.24, 2.45) is 17.6 Å². The van der Waals surface area contributed by atoms with Crippen LogP contribution < -0.4 is 11.1 Å². The third kappa shape index (κ3) is 3.54. The second-order valence-corrected chi connectivity index (χ2v) is 8.94. The van der Waals surface area contributed by atoms with Gasteiger partial charge >= 0.3 is 5.97 Å². The number of nitrogens with zero attached hydrogens (tertiary/aromatic N) is 1. The van der Waals surface area contributed by atoms with Crippen molar-refractivity contribution in [1.82, 2.24) is 10.2 Å². The molecule has 156 valence electrons. The Bertz CT molecular complexity index is 709. The summed E-state index contributed by atoms with van der Waals surface area (Å²) in [5.41, 5.74) is 5.57. The fourth-order valence-corrected chi connectivity index (χ4v) is 5.68. The number of β-lactam (4-membered cyclic amide) rings is 1. The Hall–Kier alpha value is -1.62. The maximum Gasteiger partial charge on any atom is 0.353 e. The van der Waals surface area contributed by atoms with E-state index in [1.165, 1.54) is 16.7 Å².